The fourth-order valence-electron chi connectivity index (χ4n) is 1.35. The van der Waals surface area contributed by atoms with Crippen molar-refractivity contribution in [2.75, 3.05) is 18.5 Å². The molecule has 0 aliphatic carbocycles. The quantitative estimate of drug-likeness (QED) is 0.843. The zero-order valence-electron chi connectivity index (χ0n) is 10.7. The molecule has 18 heavy (non-hydrogen) atoms. The van der Waals surface area contributed by atoms with Crippen molar-refractivity contribution in [3.8, 4) is 0 Å². The third-order valence-electron chi connectivity index (χ3n) is 2.15. The molecule has 0 heterocycles. The van der Waals surface area contributed by atoms with Crippen LogP contribution in [0, 0.1) is 0 Å². The molecule has 0 spiro atoms. The maximum atomic E-state index is 11.6. The highest BCUT2D eigenvalue weighted by atomic mass is 16.5. The second-order valence-corrected chi connectivity index (χ2v) is 3.70. The van der Waals surface area contributed by atoms with Gasteiger partial charge in [-0.1, -0.05) is 13.0 Å². The highest BCUT2D eigenvalue weighted by Crippen LogP contribution is 2.11. The third-order valence-corrected chi connectivity index (χ3v) is 2.15. The number of benzene rings is 1. The van der Waals surface area contributed by atoms with Gasteiger partial charge in [-0.15, -0.1) is 0 Å². The highest BCUT2D eigenvalue weighted by molar-refractivity contribution is 5.96. The van der Waals surface area contributed by atoms with Gasteiger partial charge >= 0.3 is 6.09 Å². The first kappa shape index (κ1) is 14.0. The number of hydrogen-bond donors (Lipinski definition) is 2. The van der Waals surface area contributed by atoms with E-state index in [1.54, 1.807) is 24.3 Å². The van der Waals surface area contributed by atoms with Crippen molar-refractivity contribution < 1.29 is 14.3 Å². The van der Waals surface area contributed by atoms with Gasteiger partial charge in [0, 0.05) is 17.8 Å². The summed E-state index contributed by atoms with van der Waals surface area (Å²) in [5.41, 5.74) is 1.05. The number of anilines is 1. The smallest absolute Gasteiger partial charge is 0.411 e. The molecule has 0 aromatic heterocycles. The lowest BCUT2D eigenvalue weighted by atomic mass is 10.2. The van der Waals surface area contributed by atoms with Crippen molar-refractivity contribution in [3.05, 3.63) is 29.8 Å². The Kier molecular flexibility index (Phi) is 5.70. The first-order valence-electron chi connectivity index (χ1n) is 5.99. The van der Waals surface area contributed by atoms with Crippen molar-refractivity contribution in [1.82, 2.24) is 5.32 Å². The fraction of sp³-hybridized carbons (Fsp3) is 0.385. The van der Waals surface area contributed by atoms with Crippen LogP contribution in [0.2, 0.25) is 0 Å². The van der Waals surface area contributed by atoms with Crippen molar-refractivity contribution >= 4 is 17.7 Å². The minimum absolute atomic E-state index is 0.164. The Bertz CT molecular complexity index is 418. The molecule has 0 radical (unpaired) electrons. The van der Waals surface area contributed by atoms with Gasteiger partial charge in [0.2, 0.25) is 0 Å². The summed E-state index contributed by atoms with van der Waals surface area (Å²) in [6.45, 7) is 4.71. The zero-order valence-corrected chi connectivity index (χ0v) is 10.7. The van der Waals surface area contributed by atoms with Gasteiger partial charge in [0.05, 0.1) is 6.61 Å². The topological polar surface area (TPSA) is 67.4 Å². The molecule has 0 unspecified atom stereocenters. The van der Waals surface area contributed by atoms with Crippen LogP contribution < -0.4 is 10.6 Å². The van der Waals surface area contributed by atoms with Crippen LogP contribution >= 0.6 is 0 Å². The van der Waals surface area contributed by atoms with Gasteiger partial charge in [-0.3, -0.25) is 10.1 Å². The van der Waals surface area contributed by atoms with Crippen LogP contribution in [0.4, 0.5) is 10.5 Å². The van der Waals surface area contributed by atoms with Crippen LogP contribution in [-0.2, 0) is 4.74 Å². The first-order valence-corrected chi connectivity index (χ1v) is 5.99. The fourth-order valence-corrected chi connectivity index (χ4v) is 1.35. The van der Waals surface area contributed by atoms with Gasteiger partial charge < -0.3 is 10.1 Å². The molecule has 5 nitrogen and oxygen atoms in total. The number of nitrogens with one attached hydrogen (secondary N) is 2. The lowest BCUT2D eigenvalue weighted by Crippen LogP contribution is -2.22. The molecule has 0 bridgehead atoms. The van der Waals surface area contributed by atoms with E-state index in [9.17, 15) is 9.59 Å². The molecule has 98 valence electrons. The van der Waals surface area contributed by atoms with E-state index >= 15 is 0 Å². The molecule has 2 N–H and O–H groups in total. The summed E-state index contributed by atoms with van der Waals surface area (Å²) in [5, 5.41) is 5.27. The second kappa shape index (κ2) is 7.32. The van der Waals surface area contributed by atoms with Gasteiger partial charge in [-0.25, -0.2) is 4.79 Å². The third kappa shape index (κ3) is 4.45. The van der Waals surface area contributed by atoms with Crippen molar-refractivity contribution in [2.45, 2.75) is 20.3 Å². The highest BCUT2D eigenvalue weighted by Gasteiger charge is 2.07. The Labute approximate surface area is 107 Å². The van der Waals surface area contributed by atoms with E-state index in [2.05, 4.69) is 10.6 Å². The number of carbonyl (C=O) groups excluding carboxylic acids is 2. The molecule has 1 aromatic rings. The average molecular weight is 250 g/mol. The first-order chi connectivity index (χ1) is 8.67. The summed E-state index contributed by atoms with van der Waals surface area (Å²) in [7, 11) is 0. The van der Waals surface area contributed by atoms with E-state index in [0.29, 0.717) is 24.4 Å². The van der Waals surface area contributed by atoms with E-state index in [0.717, 1.165) is 6.42 Å². The SMILES string of the molecule is CCCOC(=O)Nc1cccc(C(=O)NCC)c1. The van der Waals surface area contributed by atoms with Gasteiger partial charge in [-0.05, 0) is 31.5 Å². The molecule has 2 amide bonds. The molecule has 5 heteroatoms. The number of rotatable bonds is 5. The molecule has 0 aliphatic heterocycles. The van der Waals surface area contributed by atoms with Crippen molar-refractivity contribution in [3.63, 3.8) is 0 Å². The Balaban J connectivity index is 2.64. The Hall–Kier alpha value is -2.04. The molecule has 0 atom stereocenters. The summed E-state index contributed by atoms with van der Waals surface area (Å²) in [4.78, 5) is 22.9. The van der Waals surface area contributed by atoms with E-state index in [-0.39, 0.29) is 5.91 Å². The average Bonchev–Trinajstić information content (AvgIpc) is 2.37. The minimum atomic E-state index is -0.509. The molecular formula is C13H18N2O3. The molecular weight excluding hydrogens is 232 g/mol. The van der Waals surface area contributed by atoms with Crippen LogP contribution in [-0.4, -0.2) is 25.2 Å². The predicted octanol–water partition coefficient (Wildman–Crippen LogP) is 2.39. The summed E-state index contributed by atoms with van der Waals surface area (Å²) in [5.74, 6) is -0.164. The molecule has 0 saturated heterocycles. The Morgan fingerprint density at radius 3 is 2.72 bits per heavy atom. The number of amides is 2. The van der Waals surface area contributed by atoms with Gasteiger partial charge in [0.15, 0.2) is 0 Å². The molecule has 0 saturated carbocycles. The maximum absolute atomic E-state index is 11.6. The summed E-state index contributed by atoms with van der Waals surface area (Å²) < 4.78 is 4.89. The second-order valence-electron chi connectivity index (χ2n) is 3.70. The van der Waals surface area contributed by atoms with E-state index in [4.69, 9.17) is 4.74 Å². The molecule has 0 aliphatic rings. The van der Waals surface area contributed by atoms with Gasteiger partial charge in [0.25, 0.3) is 5.91 Å². The number of hydrogen-bond acceptors (Lipinski definition) is 3. The predicted molar refractivity (Wildman–Crippen MR) is 69.7 cm³/mol. The van der Waals surface area contributed by atoms with Crippen molar-refractivity contribution in [1.29, 1.82) is 0 Å². The van der Waals surface area contributed by atoms with Crippen LogP contribution in [0.3, 0.4) is 0 Å². The van der Waals surface area contributed by atoms with Crippen molar-refractivity contribution in [2.24, 2.45) is 0 Å². The van der Waals surface area contributed by atoms with Crippen LogP contribution in [0.1, 0.15) is 30.6 Å². The summed E-state index contributed by atoms with van der Waals surface area (Å²) in [6, 6.07) is 6.71. The lowest BCUT2D eigenvalue weighted by molar-refractivity contribution is 0.0955. The van der Waals surface area contributed by atoms with Gasteiger partial charge in [0.1, 0.15) is 0 Å². The maximum Gasteiger partial charge on any atom is 0.411 e. The standard InChI is InChI=1S/C13H18N2O3/c1-3-8-18-13(17)15-11-7-5-6-10(9-11)12(16)14-4-2/h5-7,9H,3-4,8H2,1-2H3,(H,14,16)(H,15,17). The lowest BCUT2D eigenvalue weighted by Gasteiger charge is -2.07. The van der Waals surface area contributed by atoms with Gasteiger partial charge in [-0.2, -0.15) is 0 Å². The Morgan fingerprint density at radius 2 is 2.06 bits per heavy atom. The summed E-state index contributed by atoms with van der Waals surface area (Å²) >= 11 is 0. The number of ether oxygens (including phenoxy) is 1. The summed E-state index contributed by atoms with van der Waals surface area (Å²) in [6.07, 6.45) is 0.261. The Morgan fingerprint density at radius 1 is 1.28 bits per heavy atom. The monoisotopic (exact) mass is 250 g/mol. The van der Waals surface area contributed by atoms with Crippen LogP contribution in [0.5, 0.6) is 0 Å². The van der Waals surface area contributed by atoms with Crippen LogP contribution in [0.15, 0.2) is 24.3 Å². The molecule has 1 aromatic carbocycles. The molecule has 1 rings (SSSR count). The number of carbonyl (C=O) groups is 2. The minimum Gasteiger partial charge on any atom is -0.449 e. The normalized spacial score (nSPS) is 9.67. The van der Waals surface area contributed by atoms with E-state index < -0.39 is 6.09 Å². The zero-order chi connectivity index (χ0) is 13.4. The molecule has 0 fully saturated rings. The van der Waals surface area contributed by atoms with Crippen LogP contribution in [0.25, 0.3) is 0 Å². The largest absolute Gasteiger partial charge is 0.449 e. The van der Waals surface area contributed by atoms with E-state index in [1.165, 1.54) is 0 Å². The van der Waals surface area contributed by atoms with E-state index in [1.807, 2.05) is 13.8 Å².